The molecular weight excluding hydrogens is 350 g/mol. The van der Waals surface area contributed by atoms with Crippen LogP contribution in [0.3, 0.4) is 0 Å². The second-order valence-electron chi connectivity index (χ2n) is 5.13. The smallest absolute Gasteiger partial charge is 0.259 e. The van der Waals surface area contributed by atoms with Crippen molar-refractivity contribution in [3.8, 4) is 5.75 Å². The van der Waals surface area contributed by atoms with E-state index in [0.29, 0.717) is 28.6 Å². The first-order chi connectivity index (χ1) is 11.4. The molecule has 1 aliphatic rings. The fraction of sp³-hybridized carbons (Fsp3) is 0.118. The number of carbonyl (C=O) groups is 1. The van der Waals surface area contributed by atoms with Crippen molar-refractivity contribution < 1.29 is 17.9 Å². The Bertz CT molecular complexity index is 951. The van der Waals surface area contributed by atoms with Gasteiger partial charge in [-0.05, 0) is 48.9 Å². The van der Waals surface area contributed by atoms with Crippen LogP contribution in [0.1, 0.15) is 22.8 Å². The average Bonchev–Trinajstić information content (AvgIpc) is 2.84. The normalized spacial score (nSPS) is 14.2. The van der Waals surface area contributed by atoms with E-state index in [9.17, 15) is 13.2 Å². The van der Waals surface area contributed by atoms with Crippen LogP contribution >= 0.6 is 11.6 Å². The molecule has 1 heterocycles. The lowest BCUT2D eigenvalue weighted by molar-refractivity contribution is 0.102. The topological polar surface area (TPSA) is 72.5 Å². The molecule has 0 unspecified atom stereocenters. The number of sulfone groups is 1. The van der Waals surface area contributed by atoms with Gasteiger partial charge >= 0.3 is 0 Å². The molecule has 1 N–H and O–H groups in total. The van der Waals surface area contributed by atoms with Gasteiger partial charge in [0, 0.05) is 16.1 Å². The number of benzene rings is 2. The van der Waals surface area contributed by atoms with E-state index in [1.807, 2.05) is 6.92 Å². The van der Waals surface area contributed by atoms with Crippen molar-refractivity contribution in [2.24, 2.45) is 0 Å². The van der Waals surface area contributed by atoms with Crippen LogP contribution < -0.4 is 10.1 Å². The fourth-order valence-electron chi connectivity index (χ4n) is 2.39. The van der Waals surface area contributed by atoms with Gasteiger partial charge < -0.3 is 10.1 Å². The van der Waals surface area contributed by atoms with Crippen LogP contribution in [0, 0.1) is 0 Å². The highest BCUT2D eigenvalue weighted by atomic mass is 35.5. The molecule has 1 amide bonds. The minimum absolute atomic E-state index is 0.177. The number of hydrogen-bond acceptors (Lipinski definition) is 4. The zero-order valence-electron chi connectivity index (χ0n) is 12.7. The van der Waals surface area contributed by atoms with Gasteiger partial charge in [-0.15, -0.1) is 0 Å². The first-order valence-corrected chi connectivity index (χ1v) is 9.14. The van der Waals surface area contributed by atoms with Crippen LogP contribution in [-0.4, -0.2) is 20.9 Å². The first kappa shape index (κ1) is 16.5. The van der Waals surface area contributed by atoms with Gasteiger partial charge in [0.25, 0.3) is 5.91 Å². The summed E-state index contributed by atoms with van der Waals surface area (Å²) in [6.45, 7) is 2.22. The van der Waals surface area contributed by atoms with E-state index in [-0.39, 0.29) is 10.5 Å². The van der Waals surface area contributed by atoms with Crippen molar-refractivity contribution in [1.82, 2.24) is 0 Å². The summed E-state index contributed by atoms with van der Waals surface area (Å²) in [5.41, 5.74) is 1.27. The van der Waals surface area contributed by atoms with Crippen LogP contribution in [0.4, 0.5) is 5.69 Å². The molecule has 124 valence electrons. The summed E-state index contributed by atoms with van der Waals surface area (Å²) in [5.74, 6) is -0.0147. The van der Waals surface area contributed by atoms with Gasteiger partial charge in [-0.2, -0.15) is 0 Å². The summed E-state index contributed by atoms with van der Waals surface area (Å²) in [5, 5.41) is 4.23. The molecule has 0 aliphatic carbocycles. The highest BCUT2D eigenvalue weighted by molar-refractivity contribution is 7.94. The Balaban J connectivity index is 1.91. The van der Waals surface area contributed by atoms with E-state index >= 15 is 0 Å². The molecule has 0 saturated heterocycles. The predicted octanol–water partition coefficient (Wildman–Crippen LogP) is 3.75. The van der Waals surface area contributed by atoms with Crippen molar-refractivity contribution in [2.75, 3.05) is 11.9 Å². The van der Waals surface area contributed by atoms with E-state index in [2.05, 4.69) is 5.32 Å². The Hall–Kier alpha value is -2.31. The summed E-state index contributed by atoms with van der Waals surface area (Å²) in [6, 6.07) is 9.50. The Morgan fingerprint density at radius 1 is 1.21 bits per heavy atom. The van der Waals surface area contributed by atoms with Gasteiger partial charge in [0.15, 0.2) is 0 Å². The Morgan fingerprint density at radius 2 is 2.00 bits per heavy atom. The molecule has 1 aliphatic heterocycles. The van der Waals surface area contributed by atoms with E-state index in [0.717, 1.165) is 5.41 Å². The average molecular weight is 364 g/mol. The lowest BCUT2D eigenvalue weighted by Gasteiger charge is -2.12. The number of rotatable bonds is 4. The maximum absolute atomic E-state index is 12.5. The molecule has 5 nitrogen and oxygen atoms in total. The van der Waals surface area contributed by atoms with Gasteiger partial charge in [0.05, 0.1) is 17.1 Å². The highest BCUT2D eigenvalue weighted by Crippen LogP contribution is 2.30. The molecule has 0 spiro atoms. The van der Waals surface area contributed by atoms with Crippen molar-refractivity contribution in [1.29, 1.82) is 0 Å². The molecule has 0 fully saturated rings. The number of nitrogens with one attached hydrogen (secondary N) is 1. The second-order valence-corrected chi connectivity index (χ2v) is 7.37. The monoisotopic (exact) mass is 363 g/mol. The highest BCUT2D eigenvalue weighted by Gasteiger charge is 2.21. The molecule has 0 radical (unpaired) electrons. The van der Waals surface area contributed by atoms with Crippen molar-refractivity contribution in [3.63, 3.8) is 0 Å². The Labute approximate surface area is 144 Å². The molecule has 2 aromatic carbocycles. The molecule has 2 aromatic rings. The third-order valence-electron chi connectivity index (χ3n) is 3.49. The zero-order chi connectivity index (χ0) is 17.3. The van der Waals surface area contributed by atoms with Crippen LogP contribution in [0.15, 0.2) is 46.7 Å². The third-order valence-corrected chi connectivity index (χ3v) is 5.19. The molecule has 0 saturated carbocycles. The summed E-state index contributed by atoms with van der Waals surface area (Å²) < 4.78 is 29.2. The van der Waals surface area contributed by atoms with Gasteiger partial charge in [0.1, 0.15) is 5.75 Å². The van der Waals surface area contributed by atoms with E-state index < -0.39 is 15.7 Å². The summed E-state index contributed by atoms with van der Waals surface area (Å²) in [7, 11) is -3.43. The zero-order valence-corrected chi connectivity index (χ0v) is 14.3. The molecule has 24 heavy (non-hydrogen) atoms. The molecule has 7 heteroatoms. The molecule has 3 rings (SSSR count). The number of ether oxygens (including phenoxy) is 1. The SMILES string of the molecule is CCOc1ccc(Cl)cc1C(=O)Nc1ccc2c(c1)S(=O)(=O)C=C2. The van der Waals surface area contributed by atoms with Gasteiger partial charge in [0.2, 0.25) is 9.84 Å². The first-order valence-electron chi connectivity index (χ1n) is 7.21. The molecule has 0 bridgehead atoms. The summed E-state index contributed by atoms with van der Waals surface area (Å²) >= 11 is 5.96. The lowest BCUT2D eigenvalue weighted by atomic mass is 10.1. The van der Waals surface area contributed by atoms with Crippen LogP contribution in [0.25, 0.3) is 6.08 Å². The molecular formula is C17H14ClNO4S. The minimum atomic E-state index is -3.43. The van der Waals surface area contributed by atoms with E-state index in [1.165, 1.54) is 18.2 Å². The summed E-state index contributed by atoms with van der Waals surface area (Å²) in [4.78, 5) is 12.7. The largest absolute Gasteiger partial charge is 0.493 e. The minimum Gasteiger partial charge on any atom is -0.493 e. The number of amides is 1. The van der Waals surface area contributed by atoms with Gasteiger partial charge in [-0.1, -0.05) is 17.7 Å². The number of hydrogen-bond donors (Lipinski definition) is 1. The van der Waals surface area contributed by atoms with Gasteiger partial charge in [-0.3, -0.25) is 4.79 Å². The Kier molecular flexibility index (Phi) is 4.34. The maximum atomic E-state index is 12.5. The summed E-state index contributed by atoms with van der Waals surface area (Å²) in [6.07, 6.45) is 1.53. The predicted molar refractivity (Wildman–Crippen MR) is 93.2 cm³/mol. The van der Waals surface area contributed by atoms with Crippen molar-refractivity contribution >= 4 is 39.1 Å². The number of fused-ring (bicyclic) bond motifs is 1. The number of halogens is 1. The van der Waals surface area contributed by atoms with Crippen LogP contribution in [0.5, 0.6) is 5.75 Å². The van der Waals surface area contributed by atoms with Crippen molar-refractivity contribution in [3.05, 3.63) is 58.0 Å². The number of anilines is 1. The van der Waals surface area contributed by atoms with Crippen LogP contribution in [0.2, 0.25) is 5.02 Å². The van der Waals surface area contributed by atoms with E-state index in [1.54, 1.807) is 24.3 Å². The quantitative estimate of drug-likeness (QED) is 0.897. The van der Waals surface area contributed by atoms with Crippen molar-refractivity contribution in [2.45, 2.75) is 11.8 Å². The Morgan fingerprint density at radius 3 is 2.75 bits per heavy atom. The standard InChI is InChI=1S/C17H14ClNO4S/c1-2-23-15-6-4-12(18)9-14(15)17(20)19-13-5-3-11-7-8-24(21,22)16(11)10-13/h3-10H,2H2,1H3,(H,19,20). The second kappa shape index (κ2) is 6.30. The maximum Gasteiger partial charge on any atom is 0.259 e. The molecule has 0 atom stereocenters. The number of carbonyl (C=O) groups excluding carboxylic acids is 1. The lowest BCUT2D eigenvalue weighted by Crippen LogP contribution is -2.14. The van der Waals surface area contributed by atoms with Gasteiger partial charge in [-0.25, -0.2) is 8.42 Å². The fourth-order valence-corrected chi connectivity index (χ4v) is 3.79. The van der Waals surface area contributed by atoms with E-state index in [4.69, 9.17) is 16.3 Å². The van der Waals surface area contributed by atoms with Crippen LogP contribution in [-0.2, 0) is 9.84 Å². The third kappa shape index (κ3) is 3.16. The molecule has 0 aromatic heterocycles.